The molecule has 2 aromatic carbocycles. The molecule has 0 bridgehead atoms. The van der Waals surface area contributed by atoms with Gasteiger partial charge in [-0.1, -0.05) is 11.3 Å². The van der Waals surface area contributed by atoms with Gasteiger partial charge < -0.3 is 9.47 Å². The highest BCUT2D eigenvalue weighted by molar-refractivity contribution is 7.92. The molecule has 0 unspecified atom stereocenters. The lowest BCUT2D eigenvalue weighted by Gasteiger charge is -2.28. The number of carbonyl (C=O) groups excluding carboxylic acids is 1. The molecule has 0 radical (unpaired) electrons. The lowest BCUT2D eigenvalue weighted by Crippen LogP contribution is -2.45. The summed E-state index contributed by atoms with van der Waals surface area (Å²) < 4.78 is 36.1. The number of nitrogens with one attached hydrogen (secondary N) is 1. The quantitative estimate of drug-likeness (QED) is 0.548. The van der Waals surface area contributed by atoms with Crippen LogP contribution in [0.5, 0.6) is 11.5 Å². The molecule has 31 heavy (non-hydrogen) atoms. The van der Waals surface area contributed by atoms with Crippen molar-refractivity contribution in [2.75, 3.05) is 30.1 Å². The maximum atomic E-state index is 12.8. The Labute approximate surface area is 184 Å². The number of methoxy groups -OCH3 is 2. The van der Waals surface area contributed by atoms with Crippen molar-refractivity contribution < 1.29 is 22.7 Å². The van der Waals surface area contributed by atoms with Crippen LogP contribution < -0.4 is 19.1 Å². The van der Waals surface area contributed by atoms with Gasteiger partial charge in [0.15, 0.2) is 0 Å². The zero-order valence-electron chi connectivity index (χ0n) is 17.4. The van der Waals surface area contributed by atoms with Crippen molar-refractivity contribution >= 4 is 38.1 Å². The molecule has 164 valence electrons. The Kier molecular flexibility index (Phi) is 6.76. The molecular weight excluding hydrogens is 440 g/mol. The summed E-state index contributed by atoms with van der Waals surface area (Å²) in [5.41, 5.74) is 1.17. The fourth-order valence-electron chi connectivity index (χ4n) is 2.87. The van der Waals surface area contributed by atoms with Crippen molar-refractivity contribution in [1.82, 2.24) is 10.2 Å². The lowest BCUT2D eigenvalue weighted by molar-refractivity contribution is -0.116. The first-order chi connectivity index (χ1) is 14.7. The van der Waals surface area contributed by atoms with E-state index in [9.17, 15) is 13.2 Å². The lowest BCUT2D eigenvalue weighted by atomic mass is 10.2. The van der Waals surface area contributed by atoms with Gasteiger partial charge in [-0.15, -0.1) is 10.2 Å². The molecule has 1 aromatic heterocycles. The van der Waals surface area contributed by atoms with Crippen LogP contribution in [0.1, 0.15) is 6.92 Å². The summed E-state index contributed by atoms with van der Waals surface area (Å²) >= 11 is 1.19. The highest BCUT2D eigenvalue weighted by Crippen LogP contribution is 2.29. The standard InChI is InChI=1S/C20H22N4O5S2/c1-13(24(31(4,26)27)15-7-11-17(29-3)12-8-15)18(25)21-20-23-22-19(30-20)14-5-9-16(28-2)10-6-14/h5-13H,1-4H3,(H,21,23,25)/t13-/m1/s1. The Balaban J connectivity index is 1.78. The highest BCUT2D eigenvalue weighted by Gasteiger charge is 2.29. The molecule has 1 atom stereocenters. The van der Waals surface area contributed by atoms with E-state index in [1.165, 1.54) is 25.4 Å². The van der Waals surface area contributed by atoms with Gasteiger partial charge in [0, 0.05) is 5.56 Å². The number of rotatable bonds is 8. The third-order valence-corrected chi connectivity index (χ3v) is 6.54. The number of benzene rings is 2. The van der Waals surface area contributed by atoms with E-state index in [0.29, 0.717) is 16.4 Å². The molecule has 1 heterocycles. The fourth-order valence-corrected chi connectivity index (χ4v) is 4.80. The predicted molar refractivity (Wildman–Crippen MR) is 120 cm³/mol. The van der Waals surface area contributed by atoms with Crippen LogP contribution in [0.15, 0.2) is 48.5 Å². The molecule has 0 aliphatic heterocycles. The second-order valence-electron chi connectivity index (χ2n) is 6.56. The normalized spacial score (nSPS) is 12.1. The first-order valence-electron chi connectivity index (χ1n) is 9.15. The Hall–Kier alpha value is -3.18. The van der Waals surface area contributed by atoms with E-state index in [1.54, 1.807) is 43.5 Å². The Morgan fingerprint density at radius 3 is 2.06 bits per heavy atom. The van der Waals surface area contributed by atoms with Gasteiger partial charge in [-0.2, -0.15) is 0 Å². The molecule has 0 aliphatic rings. The number of ether oxygens (including phenoxy) is 2. The number of anilines is 2. The average Bonchev–Trinajstić information content (AvgIpc) is 3.21. The molecule has 0 saturated heterocycles. The number of carbonyl (C=O) groups is 1. The van der Waals surface area contributed by atoms with Gasteiger partial charge in [-0.05, 0) is 55.5 Å². The summed E-state index contributed by atoms with van der Waals surface area (Å²) in [5, 5.41) is 11.6. The molecule has 9 nitrogen and oxygen atoms in total. The van der Waals surface area contributed by atoms with Gasteiger partial charge in [-0.3, -0.25) is 14.4 Å². The predicted octanol–water partition coefficient (Wildman–Crippen LogP) is 3.02. The van der Waals surface area contributed by atoms with E-state index < -0.39 is 22.0 Å². The van der Waals surface area contributed by atoms with Crippen LogP contribution in [-0.2, 0) is 14.8 Å². The van der Waals surface area contributed by atoms with Crippen LogP contribution in [-0.4, -0.2) is 51.0 Å². The monoisotopic (exact) mass is 462 g/mol. The molecule has 0 saturated carbocycles. The van der Waals surface area contributed by atoms with Crippen LogP contribution in [0.4, 0.5) is 10.8 Å². The van der Waals surface area contributed by atoms with Crippen LogP contribution in [0.3, 0.4) is 0 Å². The molecule has 11 heteroatoms. The molecule has 0 spiro atoms. The number of hydrogen-bond donors (Lipinski definition) is 1. The summed E-state index contributed by atoms with van der Waals surface area (Å²) in [7, 11) is -0.632. The summed E-state index contributed by atoms with van der Waals surface area (Å²) in [6, 6.07) is 12.7. The molecule has 0 fully saturated rings. The van der Waals surface area contributed by atoms with Crippen molar-refractivity contribution in [1.29, 1.82) is 0 Å². The first kappa shape index (κ1) is 22.5. The molecule has 3 rings (SSSR count). The maximum Gasteiger partial charge on any atom is 0.249 e. The minimum absolute atomic E-state index is 0.269. The van der Waals surface area contributed by atoms with Gasteiger partial charge in [0.1, 0.15) is 22.5 Å². The van der Waals surface area contributed by atoms with Crippen LogP contribution in [0.2, 0.25) is 0 Å². The summed E-state index contributed by atoms with van der Waals surface area (Å²) in [4.78, 5) is 12.8. The zero-order valence-corrected chi connectivity index (χ0v) is 19.0. The fraction of sp³-hybridized carbons (Fsp3) is 0.250. The Morgan fingerprint density at radius 2 is 1.55 bits per heavy atom. The number of sulfonamides is 1. The van der Waals surface area contributed by atoms with Gasteiger partial charge in [0.2, 0.25) is 21.1 Å². The highest BCUT2D eigenvalue weighted by atomic mass is 32.2. The molecule has 1 amide bonds. The molecule has 0 aliphatic carbocycles. The molecule has 3 aromatic rings. The van der Waals surface area contributed by atoms with Crippen LogP contribution in [0, 0.1) is 0 Å². The summed E-state index contributed by atoms with van der Waals surface area (Å²) in [5.74, 6) is 0.767. The zero-order chi connectivity index (χ0) is 22.6. The topological polar surface area (TPSA) is 111 Å². The smallest absolute Gasteiger partial charge is 0.249 e. The molecule has 1 N–H and O–H groups in total. The van der Waals surface area contributed by atoms with E-state index in [4.69, 9.17) is 9.47 Å². The Morgan fingerprint density at radius 1 is 1.00 bits per heavy atom. The van der Waals surface area contributed by atoms with Crippen molar-refractivity contribution in [3.63, 3.8) is 0 Å². The SMILES string of the molecule is COc1ccc(-c2nnc(NC(=O)[C@@H](C)N(c3ccc(OC)cc3)S(C)(=O)=O)s2)cc1. The maximum absolute atomic E-state index is 12.8. The van der Waals surface area contributed by atoms with Crippen molar-refractivity contribution in [3.05, 3.63) is 48.5 Å². The summed E-state index contributed by atoms with van der Waals surface area (Å²) in [6.07, 6.45) is 1.05. The third-order valence-electron chi connectivity index (χ3n) is 4.41. The van der Waals surface area contributed by atoms with E-state index >= 15 is 0 Å². The first-order valence-corrected chi connectivity index (χ1v) is 11.8. The number of aromatic nitrogens is 2. The van der Waals surface area contributed by atoms with Crippen molar-refractivity contribution in [2.24, 2.45) is 0 Å². The minimum Gasteiger partial charge on any atom is -0.497 e. The number of nitrogens with zero attached hydrogens (tertiary/aromatic N) is 3. The van der Waals surface area contributed by atoms with E-state index in [0.717, 1.165) is 21.9 Å². The average molecular weight is 463 g/mol. The van der Waals surface area contributed by atoms with Crippen molar-refractivity contribution in [2.45, 2.75) is 13.0 Å². The van der Waals surface area contributed by atoms with Gasteiger partial charge >= 0.3 is 0 Å². The van der Waals surface area contributed by atoms with Crippen LogP contribution in [0.25, 0.3) is 10.6 Å². The van der Waals surface area contributed by atoms with Gasteiger partial charge in [0.25, 0.3) is 0 Å². The van der Waals surface area contributed by atoms with Gasteiger partial charge in [-0.25, -0.2) is 8.42 Å². The second-order valence-corrected chi connectivity index (χ2v) is 9.40. The third kappa shape index (κ3) is 5.30. The van der Waals surface area contributed by atoms with E-state index in [-0.39, 0.29) is 5.13 Å². The van der Waals surface area contributed by atoms with E-state index in [1.807, 2.05) is 12.1 Å². The van der Waals surface area contributed by atoms with Crippen LogP contribution >= 0.6 is 11.3 Å². The molecular formula is C20H22N4O5S2. The number of hydrogen-bond acceptors (Lipinski definition) is 8. The van der Waals surface area contributed by atoms with E-state index in [2.05, 4.69) is 15.5 Å². The largest absolute Gasteiger partial charge is 0.497 e. The van der Waals surface area contributed by atoms with Crippen molar-refractivity contribution in [3.8, 4) is 22.1 Å². The summed E-state index contributed by atoms with van der Waals surface area (Å²) in [6.45, 7) is 1.51. The number of amides is 1. The van der Waals surface area contributed by atoms with Gasteiger partial charge in [0.05, 0.1) is 26.2 Å². The minimum atomic E-state index is -3.73. The Bertz CT molecular complexity index is 1150. The second kappa shape index (κ2) is 9.31.